The van der Waals surface area contributed by atoms with Gasteiger partial charge in [0.05, 0.1) is 11.0 Å². The molecule has 2 aliphatic rings. The fourth-order valence-corrected chi connectivity index (χ4v) is 3.87. The van der Waals surface area contributed by atoms with Crippen molar-refractivity contribution in [3.63, 3.8) is 0 Å². The highest BCUT2D eigenvalue weighted by Crippen LogP contribution is 2.28. The van der Waals surface area contributed by atoms with Crippen LogP contribution in [0.1, 0.15) is 61.6 Å². The molecule has 0 atom stereocenters. The van der Waals surface area contributed by atoms with Gasteiger partial charge in [0.15, 0.2) is 0 Å². The molecule has 1 aromatic heterocycles. The van der Waals surface area contributed by atoms with Gasteiger partial charge in [-0.05, 0) is 37.5 Å². The summed E-state index contributed by atoms with van der Waals surface area (Å²) in [5.41, 5.74) is 2.48. The third-order valence-electron chi connectivity index (χ3n) is 5.84. The van der Waals surface area contributed by atoms with Crippen LogP contribution in [0.2, 0.25) is 0 Å². The number of H-pyrrole nitrogens is 1. The van der Waals surface area contributed by atoms with Gasteiger partial charge >= 0.3 is 0 Å². The second-order valence-corrected chi connectivity index (χ2v) is 8.11. The number of fused-ring (bicyclic) bond motifs is 1. The molecule has 1 saturated carbocycles. The largest absolute Gasteiger partial charge is 0.342 e. The van der Waals surface area contributed by atoms with Gasteiger partial charge in [0, 0.05) is 43.6 Å². The van der Waals surface area contributed by atoms with E-state index in [1.807, 2.05) is 28.0 Å². The van der Waals surface area contributed by atoms with Gasteiger partial charge in [-0.3, -0.25) is 9.59 Å². The lowest BCUT2D eigenvalue weighted by Gasteiger charge is -2.31. The van der Waals surface area contributed by atoms with E-state index in [0.717, 1.165) is 42.7 Å². The number of aromatic amines is 1. The number of hydrogen-bond donors (Lipinski definition) is 1. The molecule has 2 aromatic rings. The number of aromatic nitrogens is 2. The monoisotopic (exact) mass is 368 g/mol. The van der Waals surface area contributed by atoms with Crippen molar-refractivity contribution in [2.75, 3.05) is 26.2 Å². The van der Waals surface area contributed by atoms with Crippen molar-refractivity contribution in [2.24, 2.45) is 5.92 Å². The summed E-state index contributed by atoms with van der Waals surface area (Å²) in [6.07, 6.45) is 4.07. The molecule has 1 aliphatic carbocycles. The Kier molecular flexibility index (Phi) is 4.89. The zero-order chi connectivity index (χ0) is 19.0. The molecule has 144 valence electrons. The van der Waals surface area contributed by atoms with E-state index in [1.54, 1.807) is 0 Å². The van der Waals surface area contributed by atoms with Crippen LogP contribution < -0.4 is 0 Å². The number of amides is 2. The predicted molar refractivity (Wildman–Crippen MR) is 105 cm³/mol. The number of nitrogens with one attached hydrogen (secondary N) is 1. The van der Waals surface area contributed by atoms with Crippen LogP contribution in [0.25, 0.3) is 11.0 Å². The minimum Gasteiger partial charge on any atom is -0.342 e. The standard InChI is InChI=1S/C21H28N4O2/c1-14(2)19-22-17-8-7-16(13-18(17)23-19)21(27)25-10-4-9-24(11-12-25)20(26)15-5-3-6-15/h7-8,13-15H,3-6,9-12H2,1-2H3,(H,22,23). The zero-order valence-electron chi connectivity index (χ0n) is 16.2. The van der Waals surface area contributed by atoms with Gasteiger partial charge < -0.3 is 14.8 Å². The summed E-state index contributed by atoms with van der Waals surface area (Å²) < 4.78 is 0. The summed E-state index contributed by atoms with van der Waals surface area (Å²) in [6, 6.07) is 5.67. The second kappa shape index (κ2) is 7.33. The van der Waals surface area contributed by atoms with Gasteiger partial charge in [-0.2, -0.15) is 0 Å². The van der Waals surface area contributed by atoms with Crippen LogP contribution in [0.3, 0.4) is 0 Å². The fraction of sp³-hybridized carbons (Fsp3) is 0.571. The molecule has 1 saturated heterocycles. The fourth-order valence-electron chi connectivity index (χ4n) is 3.87. The molecule has 0 radical (unpaired) electrons. The molecule has 0 bridgehead atoms. The number of rotatable bonds is 3. The van der Waals surface area contributed by atoms with Crippen LogP contribution in [0, 0.1) is 5.92 Å². The van der Waals surface area contributed by atoms with E-state index in [4.69, 9.17) is 0 Å². The number of carbonyl (C=O) groups is 2. The summed E-state index contributed by atoms with van der Waals surface area (Å²) in [5, 5.41) is 0. The van der Waals surface area contributed by atoms with Crippen LogP contribution in [-0.4, -0.2) is 57.8 Å². The topological polar surface area (TPSA) is 69.3 Å². The van der Waals surface area contributed by atoms with E-state index in [2.05, 4.69) is 23.8 Å². The molecule has 27 heavy (non-hydrogen) atoms. The van der Waals surface area contributed by atoms with Crippen molar-refractivity contribution in [3.8, 4) is 0 Å². The molecule has 0 spiro atoms. The molecule has 0 unspecified atom stereocenters. The first kappa shape index (κ1) is 18.0. The minimum absolute atomic E-state index is 0.0375. The normalized spacial score (nSPS) is 18.6. The van der Waals surface area contributed by atoms with E-state index in [1.165, 1.54) is 6.42 Å². The number of benzene rings is 1. The van der Waals surface area contributed by atoms with Gasteiger partial charge in [-0.25, -0.2) is 4.98 Å². The molecule has 2 amide bonds. The molecule has 2 fully saturated rings. The van der Waals surface area contributed by atoms with E-state index in [-0.39, 0.29) is 17.7 Å². The van der Waals surface area contributed by atoms with Crippen LogP contribution in [0.4, 0.5) is 0 Å². The lowest BCUT2D eigenvalue weighted by atomic mass is 9.84. The van der Waals surface area contributed by atoms with E-state index in [9.17, 15) is 9.59 Å². The highest BCUT2D eigenvalue weighted by atomic mass is 16.2. The minimum atomic E-state index is 0.0375. The van der Waals surface area contributed by atoms with Crippen LogP contribution in [0.5, 0.6) is 0 Å². The van der Waals surface area contributed by atoms with Crippen molar-refractivity contribution in [3.05, 3.63) is 29.6 Å². The van der Waals surface area contributed by atoms with Crippen molar-refractivity contribution < 1.29 is 9.59 Å². The Balaban J connectivity index is 1.45. The number of hydrogen-bond acceptors (Lipinski definition) is 3. The van der Waals surface area contributed by atoms with Crippen molar-refractivity contribution in [1.82, 2.24) is 19.8 Å². The molecule has 2 heterocycles. The van der Waals surface area contributed by atoms with E-state index < -0.39 is 0 Å². The molecule has 1 N–H and O–H groups in total. The van der Waals surface area contributed by atoms with Crippen LogP contribution >= 0.6 is 0 Å². The third kappa shape index (κ3) is 3.57. The maximum Gasteiger partial charge on any atom is 0.253 e. The van der Waals surface area contributed by atoms with Gasteiger partial charge in [0.2, 0.25) is 5.91 Å². The first-order valence-corrected chi connectivity index (χ1v) is 10.1. The Morgan fingerprint density at radius 2 is 1.81 bits per heavy atom. The highest BCUT2D eigenvalue weighted by Gasteiger charge is 2.31. The Labute approximate surface area is 159 Å². The smallest absolute Gasteiger partial charge is 0.253 e. The number of carbonyl (C=O) groups excluding carboxylic acids is 2. The van der Waals surface area contributed by atoms with E-state index in [0.29, 0.717) is 31.1 Å². The average Bonchev–Trinajstić information content (AvgIpc) is 2.88. The summed E-state index contributed by atoms with van der Waals surface area (Å²) in [5.74, 6) is 1.81. The second-order valence-electron chi connectivity index (χ2n) is 8.11. The van der Waals surface area contributed by atoms with Gasteiger partial charge in [-0.15, -0.1) is 0 Å². The van der Waals surface area contributed by atoms with Crippen LogP contribution in [0.15, 0.2) is 18.2 Å². The van der Waals surface area contributed by atoms with Gasteiger partial charge in [-0.1, -0.05) is 20.3 Å². The summed E-state index contributed by atoms with van der Waals surface area (Å²) in [6.45, 7) is 6.90. The Hall–Kier alpha value is -2.37. The van der Waals surface area contributed by atoms with Crippen LogP contribution in [-0.2, 0) is 4.79 Å². The van der Waals surface area contributed by atoms with Gasteiger partial charge in [0.25, 0.3) is 5.91 Å². The molecule has 6 heteroatoms. The first-order valence-electron chi connectivity index (χ1n) is 10.1. The third-order valence-corrected chi connectivity index (χ3v) is 5.84. The summed E-state index contributed by atoms with van der Waals surface area (Å²) in [7, 11) is 0. The molecular weight excluding hydrogens is 340 g/mol. The molecular formula is C21H28N4O2. The lowest BCUT2D eigenvalue weighted by molar-refractivity contribution is -0.138. The maximum absolute atomic E-state index is 13.0. The van der Waals surface area contributed by atoms with Crippen molar-refractivity contribution in [1.29, 1.82) is 0 Å². The summed E-state index contributed by atoms with van der Waals surface area (Å²) >= 11 is 0. The van der Waals surface area contributed by atoms with E-state index >= 15 is 0 Å². The SMILES string of the molecule is CC(C)c1nc2ccc(C(=O)N3CCCN(C(=O)C4CCC4)CC3)cc2[nH]1. The quantitative estimate of drug-likeness (QED) is 0.905. The van der Waals surface area contributed by atoms with Crippen molar-refractivity contribution >= 4 is 22.8 Å². The molecule has 6 nitrogen and oxygen atoms in total. The van der Waals surface area contributed by atoms with Gasteiger partial charge in [0.1, 0.15) is 5.82 Å². The first-order chi connectivity index (χ1) is 13.0. The molecule has 1 aliphatic heterocycles. The number of nitrogens with zero attached hydrogens (tertiary/aromatic N) is 3. The number of imidazole rings is 1. The Morgan fingerprint density at radius 3 is 2.52 bits per heavy atom. The maximum atomic E-state index is 13.0. The average molecular weight is 368 g/mol. The zero-order valence-corrected chi connectivity index (χ0v) is 16.2. The molecule has 4 rings (SSSR count). The predicted octanol–water partition coefficient (Wildman–Crippen LogP) is 3.16. The highest BCUT2D eigenvalue weighted by molar-refractivity contribution is 5.97. The Bertz CT molecular complexity index is 853. The Morgan fingerprint density at radius 1 is 1.07 bits per heavy atom. The summed E-state index contributed by atoms with van der Waals surface area (Å²) in [4.78, 5) is 37.2. The van der Waals surface area contributed by atoms with Crippen molar-refractivity contribution in [2.45, 2.75) is 45.4 Å². The molecule has 1 aromatic carbocycles. The lowest BCUT2D eigenvalue weighted by Crippen LogP contribution is -2.41.